The topological polar surface area (TPSA) is 56.7 Å². The van der Waals surface area contributed by atoms with E-state index in [9.17, 15) is 13.6 Å². The summed E-state index contributed by atoms with van der Waals surface area (Å²) < 4.78 is 28.9. The summed E-state index contributed by atoms with van der Waals surface area (Å²) >= 11 is 0. The second kappa shape index (κ2) is 9.11. The minimum Gasteiger partial charge on any atom is -0.379 e. The molecule has 3 aromatic rings. The Morgan fingerprint density at radius 1 is 1.06 bits per heavy atom. The number of carbonyl (C=O) groups excluding carboxylic acids is 1. The van der Waals surface area contributed by atoms with Crippen LogP contribution in [0.3, 0.4) is 0 Å². The zero-order valence-electron chi connectivity index (χ0n) is 18.0. The van der Waals surface area contributed by atoms with Crippen molar-refractivity contribution < 1.29 is 13.6 Å². The molecule has 0 radical (unpaired) electrons. The van der Waals surface area contributed by atoms with Crippen LogP contribution in [0.15, 0.2) is 71.7 Å². The van der Waals surface area contributed by atoms with Crippen molar-refractivity contribution >= 4 is 29.2 Å². The molecule has 2 unspecified atom stereocenters. The zero-order valence-corrected chi connectivity index (χ0v) is 18.0. The Labute approximate surface area is 191 Å². The largest absolute Gasteiger partial charge is 0.379 e. The molecule has 168 valence electrons. The van der Waals surface area contributed by atoms with E-state index in [1.165, 1.54) is 23.9 Å². The maximum Gasteiger partial charge on any atom is 0.237 e. The molecule has 1 amide bonds. The molecular weight excluding hydrogens is 422 g/mol. The van der Waals surface area contributed by atoms with Gasteiger partial charge >= 0.3 is 0 Å². The minimum absolute atomic E-state index is 0.166. The van der Waals surface area contributed by atoms with Gasteiger partial charge in [-0.25, -0.2) is 8.78 Å². The summed E-state index contributed by atoms with van der Waals surface area (Å²) in [5.41, 5.74) is 2.78. The Balaban J connectivity index is 1.22. The first-order chi connectivity index (χ1) is 16.1. The van der Waals surface area contributed by atoms with E-state index in [1.54, 1.807) is 24.3 Å². The fourth-order valence-corrected chi connectivity index (χ4v) is 4.46. The van der Waals surface area contributed by atoms with Gasteiger partial charge in [-0.15, -0.1) is 0 Å². The number of halogens is 2. The highest BCUT2D eigenvalue weighted by Crippen LogP contribution is 2.34. The smallest absolute Gasteiger partial charge is 0.237 e. The molecule has 2 aliphatic rings. The van der Waals surface area contributed by atoms with Crippen molar-refractivity contribution in [2.75, 3.05) is 23.7 Å². The van der Waals surface area contributed by atoms with Crippen molar-refractivity contribution in [3.63, 3.8) is 0 Å². The van der Waals surface area contributed by atoms with E-state index in [4.69, 9.17) is 0 Å². The summed E-state index contributed by atoms with van der Waals surface area (Å²) in [4.78, 5) is 18.8. The summed E-state index contributed by atoms with van der Waals surface area (Å²) in [7, 11) is 0. The maximum atomic E-state index is 14.7. The normalized spacial score (nSPS) is 20.2. The van der Waals surface area contributed by atoms with Crippen LogP contribution >= 0.6 is 0 Å². The number of amides is 1. The van der Waals surface area contributed by atoms with Gasteiger partial charge in [-0.3, -0.25) is 14.7 Å². The molecule has 1 fully saturated rings. The number of likely N-dealkylation sites (tertiary alicyclic amines) is 1. The highest BCUT2D eigenvalue weighted by Gasteiger charge is 2.32. The van der Waals surface area contributed by atoms with Crippen LogP contribution in [0, 0.1) is 11.6 Å². The van der Waals surface area contributed by atoms with E-state index in [2.05, 4.69) is 32.7 Å². The van der Waals surface area contributed by atoms with E-state index in [0.29, 0.717) is 17.1 Å². The Kier molecular flexibility index (Phi) is 5.88. The highest BCUT2D eigenvalue weighted by atomic mass is 19.1. The molecule has 3 aromatic carbocycles. The molecule has 2 aliphatic heterocycles. The van der Waals surface area contributed by atoms with Crippen molar-refractivity contribution in [3.8, 4) is 0 Å². The first kappa shape index (κ1) is 21.3. The van der Waals surface area contributed by atoms with Crippen molar-refractivity contribution in [1.82, 2.24) is 4.90 Å². The summed E-state index contributed by atoms with van der Waals surface area (Å²) in [5, 5.41) is 5.94. The van der Waals surface area contributed by atoms with Gasteiger partial charge in [0.15, 0.2) is 0 Å². The maximum absolute atomic E-state index is 14.7. The Morgan fingerprint density at radius 2 is 1.91 bits per heavy atom. The molecule has 33 heavy (non-hydrogen) atoms. The van der Waals surface area contributed by atoms with Crippen molar-refractivity contribution in [2.24, 2.45) is 4.99 Å². The first-order valence-electron chi connectivity index (χ1n) is 11.0. The predicted octanol–water partition coefficient (Wildman–Crippen LogP) is 5.09. The van der Waals surface area contributed by atoms with E-state index in [-0.39, 0.29) is 17.5 Å². The average molecular weight is 447 g/mol. The molecule has 2 N–H and O–H groups in total. The fraction of sp³-hybridized carbons (Fsp3) is 0.231. The number of carbonyl (C=O) groups is 1. The van der Waals surface area contributed by atoms with Gasteiger partial charge in [0.2, 0.25) is 5.91 Å². The van der Waals surface area contributed by atoms with Crippen LogP contribution in [0.25, 0.3) is 0 Å². The molecular formula is C26H24F2N4O. The zero-order chi connectivity index (χ0) is 22.8. The van der Waals surface area contributed by atoms with Crippen LogP contribution < -0.4 is 10.6 Å². The minimum atomic E-state index is -0.837. The second-order valence-corrected chi connectivity index (χ2v) is 8.46. The van der Waals surface area contributed by atoms with Crippen LogP contribution in [0.1, 0.15) is 23.5 Å². The van der Waals surface area contributed by atoms with E-state index < -0.39 is 17.6 Å². The summed E-state index contributed by atoms with van der Waals surface area (Å²) in [5.74, 6) is -2.06. The molecule has 0 aliphatic carbocycles. The number of benzene rings is 3. The van der Waals surface area contributed by atoms with Gasteiger partial charge in [0.25, 0.3) is 0 Å². The van der Waals surface area contributed by atoms with Crippen molar-refractivity contribution in [3.05, 3.63) is 89.5 Å². The van der Waals surface area contributed by atoms with Crippen LogP contribution in [-0.2, 0) is 11.3 Å². The lowest BCUT2D eigenvalue weighted by atomic mass is 10.0. The number of rotatable bonds is 6. The molecule has 0 saturated carbocycles. The van der Waals surface area contributed by atoms with E-state index in [1.807, 2.05) is 18.2 Å². The summed E-state index contributed by atoms with van der Waals surface area (Å²) in [6.45, 7) is 2.68. The number of anilines is 2. The lowest BCUT2D eigenvalue weighted by Gasteiger charge is -2.18. The molecule has 1 saturated heterocycles. The standard InChI is InChI=1S/C26H24F2N4O/c27-21-7-4-8-24-25(21)20(26(33)31-24)14-29-18-9-10-23(22(28)13-18)30-19-11-12-32(16-19)15-17-5-2-1-3-6-17/h1-10,13-14,19-20,30H,11-12,15-16H2,(H,31,33). The van der Waals surface area contributed by atoms with Gasteiger partial charge < -0.3 is 10.6 Å². The van der Waals surface area contributed by atoms with E-state index >= 15 is 0 Å². The number of fused-ring (bicyclic) bond motifs is 1. The van der Waals surface area contributed by atoms with Crippen molar-refractivity contribution in [2.45, 2.75) is 24.9 Å². The number of aliphatic imine (C=N–C) groups is 1. The predicted molar refractivity (Wildman–Crippen MR) is 126 cm³/mol. The van der Waals surface area contributed by atoms with Gasteiger partial charge in [0.05, 0.1) is 11.4 Å². The Hall–Kier alpha value is -3.58. The van der Waals surface area contributed by atoms with Gasteiger partial charge in [0, 0.05) is 49.2 Å². The molecule has 2 atom stereocenters. The average Bonchev–Trinajstić information content (AvgIpc) is 3.38. The van der Waals surface area contributed by atoms with Gasteiger partial charge in [-0.05, 0) is 36.2 Å². The second-order valence-electron chi connectivity index (χ2n) is 8.46. The molecule has 2 heterocycles. The Morgan fingerprint density at radius 3 is 2.73 bits per heavy atom. The number of hydrogen-bond acceptors (Lipinski definition) is 4. The number of nitrogens with one attached hydrogen (secondary N) is 2. The highest BCUT2D eigenvalue weighted by molar-refractivity contribution is 6.12. The summed E-state index contributed by atoms with van der Waals surface area (Å²) in [6, 6.07) is 19.6. The van der Waals surface area contributed by atoms with Crippen LogP contribution in [0.2, 0.25) is 0 Å². The van der Waals surface area contributed by atoms with E-state index in [0.717, 1.165) is 26.1 Å². The van der Waals surface area contributed by atoms with Crippen LogP contribution in [-0.4, -0.2) is 36.2 Å². The van der Waals surface area contributed by atoms with Crippen LogP contribution in [0.5, 0.6) is 0 Å². The quantitative estimate of drug-likeness (QED) is 0.519. The van der Waals surface area contributed by atoms with Crippen molar-refractivity contribution in [1.29, 1.82) is 0 Å². The SMILES string of the molecule is O=C1Nc2cccc(F)c2C1C=Nc1ccc(NC2CCN(Cc3ccccc3)C2)c(F)c1. The van der Waals surface area contributed by atoms with Crippen LogP contribution in [0.4, 0.5) is 25.8 Å². The first-order valence-corrected chi connectivity index (χ1v) is 11.0. The third kappa shape index (κ3) is 4.64. The fourth-order valence-electron chi connectivity index (χ4n) is 4.46. The third-order valence-electron chi connectivity index (χ3n) is 6.11. The molecule has 5 nitrogen and oxygen atoms in total. The molecule has 0 bridgehead atoms. The van der Waals surface area contributed by atoms with Gasteiger partial charge in [-0.2, -0.15) is 0 Å². The lowest BCUT2D eigenvalue weighted by Crippen LogP contribution is -2.26. The summed E-state index contributed by atoms with van der Waals surface area (Å²) in [6.07, 6.45) is 2.30. The van der Waals surface area contributed by atoms with Gasteiger partial charge in [-0.1, -0.05) is 36.4 Å². The number of nitrogens with zero attached hydrogens (tertiary/aromatic N) is 2. The van der Waals surface area contributed by atoms with Gasteiger partial charge in [0.1, 0.15) is 17.6 Å². The third-order valence-corrected chi connectivity index (χ3v) is 6.11. The Bertz CT molecular complexity index is 1200. The molecule has 0 aromatic heterocycles. The number of hydrogen-bond donors (Lipinski definition) is 2. The monoisotopic (exact) mass is 446 g/mol. The molecule has 7 heteroatoms. The molecule has 5 rings (SSSR count). The molecule has 0 spiro atoms. The lowest BCUT2D eigenvalue weighted by molar-refractivity contribution is -0.115.